The number of hydrogen-bond acceptors (Lipinski definition) is 3. The van der Waals surface area contributed by atoms with E-state index < -0.39 is 5.97 Å². The van der Waals surface area contributed by atoms with E-state index in [0.717, 1.165) is 25.9 Å². The van der Waals surface area contributed by atoms with Crippen LogP contribution in [0.5, 0.6) is 0 Å². The summed E-state index contributed by atoms with van der Waals surface area (Å²) >= 11 is 0. The molecule has 1 aliphatic rings. The van der Waals surface area contributed by atoms with Crippen LogP contribution in [0.25, 0.3) is 0 Å². The zero-order valence-electron chi connectivity index (χ0n) is 10.9. The topological polar surface area (TPSA) is 78.9 Å². The fourth-order valence-electron chi connectivity index (χ4n) is 1.96. The van der Waals surface area contributed by atoms with Gasteiger partial charge in [-0.15, -0.1) is 0 Å². The first kappa shape index (κ1) is 14.8. The average molecular weight is 258 g/mol. The minimum atomic E-state index is -0.888. The molecule has 1 heterocycles. The number of carbonyl (C=O) groups excluding carboxylic acids is 1. The SMILES string of the molecule is CCN(CCC(=O)O)C(=O)NCCC1CCCO1. The molecular weight excluding hydrogens is 236 g/mol. The summed E-state index contributed by atoms with van der Waals surface area (Å²) < 4.78 is 5.46. The first-order valence-electron chi connectivity index (χ1n) is 6.49. The molecule has 1 fully saturated rings. The lowest BCUT2D eigenvalue weighted by molar-refractivity contribution is -0.137. The highest BCUT2D eigenvalue weighted by Crippen LogP contribution is 2.14. The van der Waals surface area contributed by atoms with E-state index in [1.165, 1.54) is 4.90 Å². The predicted molar refractivity (Wildman–Crippen MR) is 66.5 cm³/mol. The zero-order valence-corrected chi connectivity index (χ0v) is 10.9. The molecule has 104 valence electrons. The molecule has 0 radical (unpaired) electrons. The Labute approximate surface area is 107 Å². The second-order valence-electron chi connectivity index (χ2n) is 4.38. The van der Waals surface area contributed by atoms with Gasteiger partial charge in [0, 0.05) is 26.2 Å². The minimum Gasteiger partial charge on any atom is -0.481 e. The molecule has 2 amide bonds. The number of nitrogens with one attached hydrogen (secondary N) is 1. The van der Waals surface area contributed by atoms with E-state index in [9.17, 15) is 9.59 Å². The number of nitrogens with zero attached hydrogens (tertiary/aromatic N) is 1. The van der Waals surface area contributed by atoms with Gasteiger partial charge >= 0.3 is 12.0 Å². The molecule has 18 heavy (non-hydrogen) atoms. The fourth-order valence-corrected chi connectivity index (χ4v) is 1.96. The number of ether oxygens (including phenoxy) is 1. The Kier molecular flexibility index (Phi) is 6.49. The summed E-state index contributed by atoms with van der Waals surface area (Å²) in [6.45, 7) is 3.99. The minimum absolute atomic E-state index is 0.0208. The summed E-state index contributed by atoms with van der Waals surface area (Å²) in [6, 6.07) is -0.197. The van der Waals surface area contributed by atoms with E-state index >= 15 is 0 Å². The molecule has 1 saturated heterocycles. The van der Waals surface area contributed by atoms with Crippen LogP contribution in [-0.4, -0.2) is 54.4 Å². The van der Waals surface area contributed by atoms with Crippen molar-refractivity contribution in [1.82, 2.24) is 10.2 Å². The molecule has 0 aromatic carbocycles. The van der Waals surface area contributed by atoms with Crippen molar-refractivity contribution < 1.29 is 19.4 Å². The smallest absolute Gasteiger partial charge is 0.317 e. The molecule has 1 unspecified atom stereocenters. The van der Waals surface area contributed by atoms with Crippen molar-refractivity contribution in [3.63, 3.8) is 0 Å². The molecular formula is C12H22N2O4. The van der Waals surface area contributed by atoms with Crippen molar-refractivity contribution in [3.8, 4) is 0 Å². The maximum atomic E-state index is 11.7. The third-order valence-corrected chi connectivity index (χ3v) is 3.03. The number of carbonyl (C=O) groups is 2. The van der Waals surface area contributed by atoms with Crippen molar-refractivity contribution >= 4 is 12.0 Å². The van der Waals surface area contributed by atoms with Crippen molar-refractivity contribution in [3.05, 3.63) is 0 Å². The van der Waals surface area contributed by atoms with Crippen LogP contribution in [0.15, 0.2) is 0 Å². The van der Waals surface area contributed by atoms with Crippen molar-refractivity contribution in [1.29, 1.82) is 0 Å². The van der Waals surface area contributed by atoms with Gasteiger partial charge in [0.25, 0.3) is 0 Å². The Balaban J connectivity index is 2.17. The van der Waals surface area contributed by atoms with Gasteiger partial charge in [0.05, 0.1) is 12.5 Å². The summed E-state index contributed by atoms with van der Waals surface area (Å²) in [6.07, 6.45) is 3.22. The number of aliphatic carboxylic acids is 1. The van der Waals surface area contributed by atoms with Crippen LogP contribution in [0.4, 0.5) is 4.79 Å². The Morgan fingerprint density at radius 3 is 2.83 bits per heavy atom. The second-order valence-corrected chi connectivity index (χ2v) is 4.38. The Hall–Kier alpha value is -1.30. The Bertz CT molecular complexity index is 277. The molecule has 1 atom stereocenters. The van der Waals surface area contributed by atoms with Crippen LogP contribution in [-0.2, 0) is 9.53 Å². The quantitative estimate of drug-likeness (QED) is 0.715. The van der Waals surface area contributed by atoms with Gasteiger partial charge in [0.15, 0.2) is 0 Å². The van der Waals surface area contributed by atoms with Gasteiger partial charge in [-0.3, -0.25) is 4.79 Å². The predicted octanol–water partition coefficient (Wildman–Crippen LogP) is 1.06. The van der Waals surface area contributed by atoms with Crippen LogP contribution in [0.1, 0.15) is 32.6 Å². The van der Waals surface area contributed by atoms with E-state index in [1.54, 1.807) is 0 Å². The molecule has 0 spiro atoms. The van der Waals surface area contributed by atoms with Crippen LogP contribution in [0.3, 0.4) is 0 Å². The van der Waals surface area contributed by atoms with Crippen molar-refractivity contribution in [2.24, 2.45) is 0 Å². The lowest BCUT2D eigenvalue weighted by Crippen LogP contribution is -2.41. The van der Waals surface area contributed by atoms with Gasteiger partial charge in [-0.25, -0.2) is 4.79 Å². The summed E-state index contributed by atoms with van der Waals surface area (Å²) in [7, 11) is 0. The molecule has 6 nitrogen and oxygen atoms in total. The molecule has 1 aliphatic heterocycles. The zero-order chi connectivity index (χ0) is 13.4. The molecule has 0 aliphatic carbocycles. The van der Waals surface area contributed by atoms with Gasteiger partial charge in [-0.2, -0.15) is 0 Å². The summed E-state index contributed by atoms with van der Waals surface area (Å²) in [5.41, 5.74) is 0. The van der Waals surface area contributed by atoms with Crippen molar-refractivity contribution in [2.45, 2.75) is 38.7 Å². The molecule has 0 bridgehead atoms. The maximum Gasteiger partial charge on any atom is 0.317 e. The van der Waals surface area contributed by atoms with Crippen molar-refractivity contribution in [2.75, 3.05) is 26.2 Å². The number of urea groups is 1. The number of hydrogen-bond donors (Lipinski definition) is 2. The first-order chi connectivity index (χ1) is 8.63. The standard InChI is InChI=1S/C12H22N2O4/c1-2-14(8-6-11(15)16)12(17)13-7-5-10-4-3-9-18-10/h10H,2-9H2,1H3,(H,13,17)(H,15,16). The molecule has 0 saturated carbocycles. The lowest BCUT2D eigenvalue weighted by atomic mass is 10.2. The largest absolute Gasteiger partial charge is 0.481 e. The number of carboxylic acids is 1. The molecule has 2 N–H and O–H groups in total. The van der Waals surface area contributed by atoms with Crippen LogP contribution in [0, 0.1) is 0 Å². The van der Waals surface area contributed by atoms with Crippen LogP contribution in [0.2, 0.25) is 0 Å². The summed E-state index contributed by atoms with van der Waals surface area (Å²) in [5, 5.41) is 11.4. The Morgan fingerprint density at radius 1 is 1.50 bits per heavy atom. The third kappa shape index (κ3) is 5.35. The maximum absolute atomic E-state index is 11.7. The van der Waals surface area contributed by atoms with Gasteiger partial charge in [-0.1, -0.05) is 0 Å². The van der Waals surface area contributed by atoms with Crippen LogP contribution < -0.4 is 5.32 Å². The second kappa shape index (κ2) is 7.92. The van der Waals surface area contributed by atoms with Gasteiger partial charge < -0.3 is 20.1 Å². The molecule has 6 heteroatoms. The van der Waals surface area contributed by atoms with Gasteiger partial charge in [0.1, 0.15) is 0 Å². The fraction of sp³-hybridized carbons (Fsp3) is 0.833. The van der Waals surface area contributed by atoms with E-state index in [2.05, 4.69) is 5.32 Å². The highest BCUT2D eigenvalue weighted by molar-refractivity contribution is 5.75. The number of amides is 2. The highest BCUT2D eigenvalue weighted by atomic mass is 16.5. The average Bonchev–Trinajstić information content (AvgIpc) is 2.82. The van der Waals surface area contributed by atoms with Crippen LogP contribution >= 0.6 is 0 Å². The third-order valence-electron chi connectivity index (χ3n) is 3.03. The molecule has 0 aromatic heterocycles. The van der Waals surface area contributed by atoms with E-state index in [4.69, 9.17) is 9.84 Å². The monoisotopic (exact) mass is 258 g/mol. The lowest BCUT2D eigenvalue weighted by Gasteiger charge is -2.21. The first-order valence-corrected chi connectivity index (χ1v) is 6.49. The molecule has 0 aromatic rings. The highest BCUT2D eigenvalue weighted by Gasteiger charge is 2.16. The van der Waals surface area contributed by atoms with E-state index in [0.29, 0.717) is 13.1 Å². The van der Waals surface area contributed by atoms with E-state index in [-0.39, 0.29) is 25.1 Å². The number of carboxylic acid groups (broad SMARTS) is 1. The van der Waals surface area contributed by atoms with Gasteiger partial charge in [-0.05, 0) is 26.2 Å². The normalized spacial score (nSPS) is 18.6. The van der Waals surface area contributed by atoms with E-state index in [1.807, 2.05) is 6.92 Å². The Morgan fingerprint density at radius 2 is 2.28 bits per heavy atom. The summed E-state index contributed by atoms with van der Waals surface area (Å²) in [4.78, 5) is 23.7. The number of rotatable bonds is 7. The summed E-state index contributed by atoms with van der Waals surface area (Å²) in [5.74, 6) is -0.888. The van der Waals surface area contributed by atoms with Gasteiger partial charge in [0.2, 0.25) is 0 Å². The molecule has 1 rings (SSSR count).